The van der Waals surface area contributed by atoms with Crippen LogP contribution < -0.4 is 5.32 Å². The second-order valence-corrected chi connectivity index (χ2v) is 5.27. The fraction of sp³-hybridized carbons (Fsp3) is 0.353. The van der Waals surface area contributed by atoms with Gasteiger partial charge >= 0.3 is 0 Å². The molecule has 0 bridgehead atoms. The number of nitrogens with one attached hydrogen (secondary N) is 1. The van der Waals surface area contributed by atoms with Gasteiger partial charge in [-0.2, -0.15) is 0 Å². The van der Waals surface area contributed by atoms with Gasteiger partial charge in [-0.15, -0.1) is 0 Å². The first-order valence-electron chi connectivity index (χ1n) is 6.75. The van der Waals surface area contributed by atoms with Gasteiger partial charge in [-0.25, -0.2) is 0 Å². The van der Waals surface area contributed by atoms with Crippen molar-refractivity contribution in [1.82, 2.24) is 10.3 Å². The Labute approximate surface area is 115 Å². The molecular formula is C17H22N2. The Morgan fingerprint density at radius 1 is 0.842 bits per heavy atom. The molecule has 1 N–H and O–H groups in total. The lowest BCUT2D eigenvalue weighted by Crippen LogP contribution is -2.14. The van der Waals surface area contributed by atoms with E-state index in [1.54, 1.807) is 0 Å². The zero-order chi connectivity index (χ0) is 13.8. The summed E-state index contributed by atoms with van der Waals surface area (Å²) in [6, 6.07) is 6.64. The monoisotopic (exact) mass is 254 g/mol. The summed E-state index contributed by atoms with van der Waals surface area (Å²) in [6.45, 7) is 10.4. The van der Waals surface area contributed by atoms with Crippen LogP contribution in [0.15, 0.2) is 30.6 Å². The van der Waals surface area contributed by atoms with Gasteiger partial charge < -0.3 is 5.32 Å². The normalized spacial score (nSPS) is 10.7. The maximum absolute atomic E-state index is 4.12. The molecule has 1 aromatic carbocycles. The van der Waals surface area contributed by atoms with Crippen LogP contribution in [0.1, 0.15) is 33.4 Å². The number of rotatable bonds is 4. The van der Waals surface area contributed by atoms with Gasteiger partial charge in [-0.3, -0.25) is 4.98 Å². The van der Waals surface area contributed by atoms with Crippen LogP contribution in [0.3, 0.4) is 0 Å². The van der Waals surface area contributed by atoms with Crippen molar-refractivity contribution in [2.45, 2.75) is 40.8 Å². The van der Waals surface area contributed by atoms with Crippen molar-refractivity contribution in [2.75, 3.05) is 0 Å². The van der Waals surface area contributed by atoms with Gasteiger partial charge in [-0.1, -0.05) is 12.1 Å². The van der Waals surface area contributed by atoms with E-state index in [9.17, 15) is 0 Å². The molecular weight excluding hydrogens is 232 g/mol. The third kappa shape index (κ3) is 3.42. The summed E-state index contributed by atoms with van der Waals surface area (Å²) < 4.78 is 0. The number of aromatic nitrogens is 1. The van der Waals surface area contributed by atoms with E-state index >= 15 is 0 Å². The third-order valence-electron chi connectivity index (χ3n) is 3.72. The minimum Gasteiger partial charge on any atom is -0.309 e. The number of aryl methyl sites for hydroxylation is 4. The Balaban J connectivity index is 2.00. The van der Waals surface area contributed by atoms with E-state index in [-0.39, 0.29) is 0 Å². The fourth-order valence-electron chi connectivity index (χ4n) is 2.24. The lowest BCUT2D eigenvalue weighted by molar-refractivity contribution is 0.686. The summed E-state index contributed by atoms with van der Waals surface area (Å²) in [7, 11) is 0. The number of hydrogen-bond donors (Lipinski definition) is 1. The van der Waals surface area contributed by atoms with E-state index in [4.69, 9.17) is 0 Å². The molecule has 2 aromatic rings. The van der Waals surface area contributed by atoms with Gasteiger partial charge in [0.05, 0.1) is 0 Å². The Morgan fingerprint density at radius 3 is 2.26 bits per heavy atom. The van der Waals surface area contributed by atoms with Crippen LogP contribution in [0.5, 0.6) is 0 Å². The summed E-state index contributed by atoms with van der Waals surface area (Å²) in [5.41, 5.74) is 8.04. The maximum Gasteiger partial charge on any atom is 0.0300 e. The minimum absolute atomic E-state index is 0.890. The first kappa shape index (κ1) is 13.8. The number of nitrogens with zero attached hydrogens (tertiary/aromatic N) is 1. The lowest BCUT2D eigenvalue weighted by Gasteiger charge is -2.12. The van der Waals surface area contributed by atoms with Crippen molar-refractivity contribution >= 4 is 0 Å². The van der Waals surface area contributed by atoms with Gasteiger partial charge in [0, 0.05) is 25.5 Å². The minimum atomic E-state index is 0.890. The second kappa shape index (κ2) is 5.98. The predicted octanol–water partition coefficient (Wildman–Crippen LogP) is 3.61. The molecule has 0 spiro atoms. The zero-order valence-corrected chi connectivity index (χ0v) is 12.2. The van der Waals surface area contributed by atoms with E-state index in [0.29, 0.717) is 0 Å². The lowest BCUT2D eigenvalue weighted by atomic mass is 10.0. The maximum atomic E-state index is 4.12. The average Bonchev–Trinajstić information content (AvgIpc) is 2.38. The molecule has 1 aromatic heterocycles. The summed E-state index contributed by atoms with van der Waals surface area (Å²) >= 11 is 0. The zero-order valence-electron chi connectivity index (χ0n) is 12.2. The Hall–Kier alpha value is -1.67. The number of benzene rings is 1. The van der Waals surface area contributed by atoms with Gasteiger partial charge in [-0.05, 0) is 67.1 Å². The van der Waals surface area contributed by atoms with Crippen molar-refractivity contribution < 1.29 is 0 Å². The highest BCUT2D eigenvalue weighted by Crippen LogP contribution is 2.15. The van der Waals surface area contributed by atoms with Crippen LogP contribution in [0.2, 0.25) is 0 Å². The Bertz CT molecular complexity index is 573. The second-order valence-electron chi connectivity index (χ2n) is 5.27. The van der Waals surface area contributed by atoms with Crippen molar-refractivity contribution in [2.24, 2.45) is 0 Å². The summed E-state index contributed by atoms with van der Waals surface area (Å²) in [6.07, 6.45) is 3.77. The quantitative estimate of drug-likeness (QED) is 0.901. The van der Waals surface area contributed by atoms with Crippen LogP contribution in [0.25, 0.3) is 0 Å². The standard InChI is InChI=1S/C17H22N2/c1-12-7-14(3)17(8-13(12)2)11-19-10-16-5-6-18-9-15(16)4/h5-9,19H,10-11H2,1-4H3. The molecule has 0 aliphatic heterocycles. The van der Waals surface area contributed by atoms with E-state index in [1.165, 1.54) is 33.4 Å². The van der Waals surface area contributed by atoms with Gasteiger partial charge in [0.2, 0.25) is 0 Å². The van der Waals surface area contributed by atoms with Gasteiger partial charge in [0.25, 0.3) is 0 Å². The van der Waals surface area contributed by atoms with E-state index in [2.05, 4.69) is 56.2 Å². The smallest absolute Gasteiger partial charge is 0.0300 e. The molecule has 0 amide bonds. The van der Waals surface area contributed by atoms with Crippen molar-refractivity contribution in [3.8, 4) is 0 Å². The predicted molar refractivity (Wildman–Crippen MR) is 80.2 cm³/mol. The topological polar surface area (TPSA) is 24.9 Å². The SMILES string of the molecule is Cc1cc(C)c(CNCc2ccncc2C)cc1C. The molecule has 2 nitrogen and oxygen atoms in total. The highest BCUT2D eigenvalue weighted by molar-refractivity contribution is 5.36. The first-order valence-corrected chi connectivity index (χ1v) is 6.75. The summed E-state index contributed by atoms with van der Waals surface area (Å²) in [5.74, 6) is 0. The average molecular weight is 254 g/mol. The molecule has 2 heteroatoms. The van der Waals surface area contributed by atoms with Gasteiger partial charge in [0.1, 0.15) is 0 Å². The van der Waals surface area contributed by atoms with E-state index in [1.807, 2.05) is 12.4 Å². The molecule has 2 rings (SSSR count). The molecule has 19 heavy (non-hydrogen) atoms. The van der Waals surface area contributed by atoms with Crippen LogP contribution in [-0.4, -0.2) is 4.98 Å². The highest BCUT2D eigenvalue weighted by atomic mass is 14.8. The number of hydrogen-bond acceptors (Lipinski definition) is 2. The van der Waals surface area contributed by atoms with E-state index < -0.39 is 0 Å². The molecule has 100 valence electrons. The molecule has 0 unspecified atom stereocenters. The van der Waals surface area contributed by atoms with E-state index in [0.717, 1.165) is 13.1 Å². The van der Waals surface area contributed by atoms with Crippen LogP contribution in [0, 0.1) is 27.7 Å². The molecule has 0 radical (unpaired) electrons. The molecule has 0 aliphatic rings. The van der Waals surface area contributed by atoms with Gasteiger partial charge in [0.15, 0.2) is 0 Å². The van der Waals surface area contributed by atoms with Crippen LogP contribution in [-0.2, 0) is 13.1 Å². The Kier molecular flexibility index (Phi) is 4.33. The molecule has 0 fully saturated rings. The molecule has 0 saturated heterocycles. The van der Waals surface area contributed by atoms with Crippen LogP contribution >= 0.6 is 0 Å². The largest absolute Gasteiger partial charge is 0.309 e. The summed E-state index contributed by atoms with van der Waals surface area (Å²) in [5, 5.41) is 3.52. The fourth-order valence-corrected chi connectivity index (χ4v) is 2.24. The molecule has 0 saturated carbocycles. The van der Waals surface area contributed by atoms with Crippen molar-refractivity contribution in [3.63, 3.8) is 0 Å². The Morgan fingerprint density at radius 2 is 1.53 bits per heavy atom. The van der Waals surface area contributed by atoms with Crippen molar-refractivity contribution in [1.29, 1.82) is 0 Å². The van der Waals surface area contributed by atoms with Crippen molar-refractivity contribution in [3.05, 3.63) is 64.0 Å². The third-order valence-corrected chi connectivity index (χ3v) is 3.72. The number of pyridine rings is 1. The first-order chi connectivity index (χ1) is 9.08. The van der Waals surface area contributed by atoms with Crippen LogP contribution in [0.4, 0.5) is 0 Å². The molecule has 0 atom stereocenters. The summed E-state index contributed by atoms with van der Waals surface area (Å²) in [4.78, 5) is 4.12. The molecule has 1 heterocycles. The molecule has 0 aliphatic carbocycles. The highest BCUT2D eigenvalue weighted by Gasteiger charge is 2.02.